The average molecular weight is 293 g/mol. The Balaban J connectivity index is 1.81. The monoisotopic (exact) mass is 293 g/mol. The number of aryl methyl sites for hydroxylation is 1. The van der Waals surface area contributed by atoms with Gasteiger partial charge in [-0.15, -0.1) is 0 Å². The average Bonchev–Trinajstić information content (AvgIpc) is 2.97. The number of aliphatic hydroxyl groups excluding tert-OH is 1. The first-order valence-electron chi connectivity index (χ1n) is 7.92. The first kappa shape index (κ1) is 16.0. The Bertz CT molecular complexity index is 470. The largest absolute Gasteiger partial charge is 0.391 e. The fourth-order valence-electron chi connectivity index (χ4n) is 2.93. The van der Waals surface area contributed by atoms with Crippen LogP contribution in [0, 0.1) is 18.8 Å². The number of aromatic nitrogens is 2. The maximum atomic E-state index is 12.2. The van der Waals surface area contributed by atoms with E-state index >= 15 is 0 Å². The van der Waals surface area contributed by atoms with E-state index in [2.05, 4.69) is 24.0 Å². The summed E-state index contributed by atoms with van der Waals surface area (Å²) in [5, 5.41) is 17.3. The lowest BCUT2D eigenvalue weighted by Gasteiger charge is -2.16. The highest BCUT2D eigenvalue weighted by atomic mass is 16.3. The summed E-state index contributed by atoms with van der Waals surface area (Å²) in [6, 6.07) is 2.00. The second-order valence-corrected chi connectivity index (χ2v) is 6.66. The normalized spacial score (nSPS) is 22.2. The van der Waals surface area contributed by atoms with E-state index in [1.807, 2.05) is 17.9 Å². The molecular weight excluding hydrogens is 266 g/mol. The third-order valence-electron chi connectivity index (χ3n) is 4.16. The molecule has 2 atom stereocenters. The molecule has 1 aliphatic rings. The molecule has 5 heteroatoms. The Labute approximate surface area is 126 Å². The first-order valence-corrected chi connectivity index (χ1v) is 7.92. The molecule has 21 heavy (non-hydrogen) atoms. The highest BCUT2D eigenvalue weighted by molar-refractivity contribution is 5.76. The number of likely N-dealkylation sites (tertiary alicyclic amines) is 1. The lowest BCUT2D eigenvalue weighted by molar-refractivity contribution is -0.130. The van der Waals surface area contributed by atoms with E-state index in [-0.39, 0.29) is 11.8 Å². The van der Waals surface area contributed by atoms with Crippen LogP contribution < -0.4 is 0 Å². The topological polar surface area (TPSA) is 69.2 Å². The van der Waals surface area contributed by atoms with E-state index < -0.39 is 6.10 Å². The smallest absolute Gasteiger partial charge is 0.222 e. The molecule has 0 saturated carbocycles. The second-order valence-electron chi connectivity index (χ2n) is 6.66. The van der Waals surface area contributed by atoms with E-state index in [1.165, 1.54) is 0 Å². The summed E-state index contributed by atoms with van der Waals surface area (Å²) in [6.07, 6.45) is 2.90. The van der Waals surface area contributed by atoms with Crippen LogP contribution in [-0.4, -0.2) is 45.3 Å². The number of nitrogens with one attached hydrogen (secondary N) is 1. The van der Waals surface area contributed by atoms with Gasteiger partial charge >= 0.3 is 0 Å². The lowest BCUT2D eigenvalue weighted by atomic mass is 10.00. The van der Waals surface area contributed by atoms with Crippen LogP contribution in [0.2, 0.25) is 0 Å². The number of amides is 1. The maximum absolute atomic E-state index is 12.2. The molecule has 2 N–H and O–H groups in total. The zero-order chi connectivity index (χ0) is 15.4. The van der Waals surface area contributed by atoms with Crippen LogP contribution in [0.1, 0.15) is 44.5 Å². The summed E-state index contributed by atoms with van der Waals surface area (Å²) >= 11 is 0. The molecule has 1 amide bonds. The molecule has 1 saturated heterocycles. The number of carbonyl (C=O) groups is 1. The van der Waals surface area contributed by atoms with Gasteiger partial charge in [-0.05, 0) is 31.7 Å². The van der Waals surface area contributed by atoms with Gasteiger partial charge in [-0.3, -0.25) is 9.89 Å². The number of H-pyrrole nitrogens is 1. The molecule has 1 fully saturated rings. The summed E-state index contributed by atoms with van der Waals surface area (Å²) in [5.74, 6) is 0.912. The van der Waals surface area contributed by atoms with Gasteiger partial charge in [-0.25, -0.2) is 0 Å². The minimum atomic E-state index is -0.434. The van der Waals surface area contributed by atoms with Crippen LogP contribution in [0.25, 0.3) is 0 Å². The number of β-amino-alcohol motifs (C(OH)–C–C–N with tert-alkyl or cyclic N) is 1. The van der Waals surface area contributed by atoms with Gasteiger partial charge in [0.25, 0.3) is 0 Å². The predicted molar refractivity (Wildman–Crippen MR) is 81.8 cm³/mol. The Morgan fingerprint density at radius 3 is 2.90 bits per heavy atom. The number of hydrogen-bond acceptors (Lipinski definition) is 3. The van der Waals surface area contributed by atoms with Crippen LogP contribution in [0.4, 0.5) is 0 Å². The number of carbonyl (C=O) groups excluding carboxylic acids is 1. The number of nitrogens with zero attached hydrogens (tertiary/aromatic N) is 2. The fourth-order valence-corrected chi connectivity index (χ4v) is 2.93. The Kier molecular flexibility index (Phi) is 5.39. The van der Waals surface area contributed by atoms with Crippen LogP contribution in [-0.2, 0) is 11.2 Å². The van der Waals surface area contributed by atoms with Gasteiger partial charge in [-0.2, -0.15) is 5.10 Å². The minimum Gasteiger partial charge on any atom is -0.391 e. The SMILES string of the molecule is Cc1cc(C[C@@H]2CN(C(=O)CCCC(C)C)C[C@H]2O)n[nH]1. The molecule has 0 aromatic carbocycles. The highest BCUT2D eigenvalue weighted by Gasteiger charge is 2.34. The zero-order valence-corrected chi connectivity index (χ0v) is 13.3. The Hall–Kier alpha value is -1.36. The van der Waals surface area contributed by atoms with Crippen molar-refractivity contribution in [1.29, 1.82) is 0 Å². The van der Waals surface area contributed by atoms with E-state index in [0.29, 0.717) is 25.4 Å². The van der Waals surface area contributed by atoms with Crippen LogP contribution in [0.5, 0.6) is 0 Å². The molecule has 0 unspecified atom stereocenters. The number of hydrogen-bond donors (Lipinski definition) is 2. The van der Waals surface area contributed by atoms with Crippen molar-refractivity contribution in [2.75, 3.05) is 13.1 Å². The second kappa shape index (κ2) is 7.07. The lowest BCUT2D eigenvalue weighted by Crippen LogP contribution is -2.29. The standard InChI is InChI=1S/C16H27N3O2/c1-11(2)5-4-6-16(21)19-9-13(15(20)10-19)8-14-7-12(3)17-18-14/h7,11,13,15,20H,4-6,8-10H2,1-3H3,(H,17,18)/t13-,15-/m1/s1. The molecule has 0 aliphatic carbocycles. The molecule has 2 rings (SSSR count). The van der Waals surface area contributed by atoms with Gasteiger partial charge in [0.1, 0.15) is 0 Å². The minimum absolute atomic E-state index is 0.0988. The molecule has 2 heterocycles. The first-order chi connectivity index (χ1) is 9.95. The van der Waals surface area contributed by atoms with E-state index in [9.17, 15) is 9.90 Å². The fraction of sp³-hybridized carbons (Fsp3) is 0.750. The summed E-state index contributed by atoms with van der Waals surface area (Å²) in [5.41, 5.74) is 1.99. The van der Waals surface area contributed by atoms with Crippen molar-refractivity contribution in [1.82, 2.24) is 15.1 Å². The summed E-state index contributed by atoms with van der Waals surface area (Å²) in [7, 11) is 0. The van der Waals surface area contributed by atoms with Gasteiger partial charge in [0.15, 0.2) is 0 Å². The molecule has 5 nitrogen and oxygen atoms in total. The van der Waals surface area contributed by atoms with Gasteiger partial charge in [0, 0.05) is 31.1 Å². The zero-order valence-electron chi connectivity index (χ0n) is 13.3. The summed E-state index contributed by atoms with van der Waals surface area (Å²) in [6.45, 7) is 7.42. The third kappa shape index (κ3) is 4.56. The van der Waals surface area contributed by atoms with E-state index in [0.717, 1.165) is 30.7 Å². The van der Waals surface area contributed by atoms with Gasteiger partial charge in [0.05, 0.1) is 11.8 Å². The third-order valence-corrected chi connectivity index (χ3v) is 4.16. The van der Waals surface area contributed by atoms with Crippen molar-refractivity contribution in [2.45, 2.75) is 52.6 Å². The molecule has 0 spiro atoms. The van der Waals surface area contributed by atoms with Gasteiger partial charge in [0.2, 0.25) is 5.91 Å². The molecular formula is C16H27N3O2. The van der Waals surface area contributed by atoms with Crippen molar-refractivity contribution < 1.29 is 9.90 Å². The van der Waals surface area contributed by atoms with E-state index in [1.54, 1.807) is 0 Å². The molecule has 0 bridgehead atoms. The Morgan fingerprint density at radius 1 is 1.52 bits per heavy atom. The molecule has 1 aromatic rings. The van der Waals surface area contributed by atoms with Gasteiger partial charge < -0.3 is 10.0 Å². The quantitative estimate of drug-likeness (QED) is 0.841. The number of rotatable bonds is 6. The Morgan fingerprint density at radius 2 is 2.29 bits per heavy atom. The predicted octanol–water partition coefficient (Wildman–Crippen LogP) is 1.91. The van der Waals surface area contributed by atoms with Gasteiger partial charge in [-0.1, -0.05) is 20.3 Å². The van der Waals surface area contributed by atoms with Crippen molar-refractivity contribution in [2.24, 2.45) is 11.8 Å². The summed E-state index contributed by atoms with van der Waals surface area (Å²) < 4.78 is 0. The molecule has 1 aliphatic heterocycles. The van der Waals surface area contributed by atoms with Crippen molar-refractivity contribution >= 4 is 5.91 Å². The number of aliphatic hydroxyl groups is 1. The van der Waals surface area contributed by atoms with Crippen molar-refractivity contribution in [3.05, 3.63) is 17.5 Å². The maximum Gasteiger partial charge on any atom is 0.222 e. The molecule has 1 aromatic heterocycles. The summed E-state index contributed by atoms with van der Waals surface area (Å²) in [4.78, 5) is 14.0. The van der Waals surface area contributed by atoms with Crippen LogP contribution in [0.15, 0.2) is 6.07 Å². The van der Waals surface area contributed by atoms with Crippen LogP contribution in [0.3, 0.4) is 0 Å². The van der Waals surface area contributed by atoms with Crippen LogP contribution >= 0.6 is 0 Å². The highest BCUT2D eigenvalue weighted by Crippen LogP contribution is 2.22. The van der Waals surface area contributed by atoms with Crippen molar-refractivity contribution in [3.8, 4) is 0 Å². The van der Waals surface area contributed by atoms with Crippen molar-refractivity contribution in [3.63, 3.8) is 0 Å². The molecule has 118 valence electrons. The van der Waals surface area contributed by atoms with E-state index in [4.69, 9.17) is 0 Å². The number of aromatic amines is 1. The molecule has 0 radical (unpaired) electrons.